The van der Waals surface area contributed by atoms with Crippen LogP contribution in [-0.2, 0) is 14.2 Å². The number of hydrogen-bond acceptors (Lipinski definition) is 12. The average Bonchev–Trinajstić information content (AvgIpc) is 3.71. The Morgan fingerprint density at radius 1 is 0.769 bits per heavy atom. The number of anilines is 4. The standard InChI is InChI=1S/C37H41N9O6/c1-43(36(48)40-26-6-2-24(3-7-26)34-38-16-14-32(41-34)44-20-28-10-11-29(21-44)51-28)46(37(49)50-19-18-47)27-8-4-25(5-9-27)35-39-17-15-33(42-35)45-22-30-12-13-31(23-45)52-30/h2-9,14-17,28-31,47H,10-13,18-23H2,1H3,(H,40,48). The minimum Gasteiger partial charge on any atom is -0.445 e. The van der Waals surface area contributed by atoms with Crippen LogP contribution in [0.15, 0.2) is 73.1 Å². The summed E-state index contributed by atoms with van der Waals surface area (Å²) in [4.78, 5) is 49.8. The van der Waals surface area contributed by atoms with Crippen molar-refractivity contribution in [3.05, 3.63) is 73.1 Å². The van der Waals surface area contributed by atoms with Crippen LogP contribution >= 0.6 is 0 Å². The molecule has 2 aromatic carbocycles. The minimum absolute atomic E-state index is 0.231. The van der Waals surface area contributed by atoms with Crippen molar-refractivity contribution in [1.82, 2.24) is 24.9 Å². The summed E-state index contributed by atoms with van der Waals surface area (Å²) in [5.41, 5.74) is 2.41. The van der Waals surface area contributed by atoms with Gasteiger partial charge < -0.3 is 34.4 Å². The molecule has 4 bridgehead atoms. The molecule has 52 heavy (non-hydrogen) atoms. The lowest BCUT2D eigenvalue weighted by atomic mass is 10.2. The highest BCUT2D eigenvalue weighted by molar-refractivity contribution is 5.96. The first-order valence-corrected chi connectivity index (χ1v) is 17.7. The number of nitrogens with zero attached hydrogens (tertiary/aromatic N) is 8. The van der Waals surface area contributed by atoms with E-state index in [2.05, 4.69) is 25.1 Å². The summed E-state index contributed by atoms with van der Waals surface area (Å²) in [6.45, 7) is 2.64. The second-order valence-corrected chi connectivity index (χ2v) is 13.4. The SMILES string of the molecule is CN(C(=O)Nc1ccc(-c2nccc(N3CC4CCC(C3)O4)n2)cc1)N(C(=O)OCCO)c1ccc(-c2nccc(N3CC4CCC(C3)O4)n2)cc1. The smallest absolute Gasteiger partial charge is 0.433 e. The van der Waals surface area contributed by atoms with Crippen molar-refractivity contribution in [2.24, 2.45) is 0 Å². The molecule has 4 aliphatic heterocycles. The van der Waals surface area contributed by atoms with Crippen LogP contribution in [0, 0.1) is 0 Å². The van der Waals surface area contributed by atoms with E-state index in [1.807, 2.05) is 24.3 Å². The Morgan fingerprint density at radius 3 is 1.73 bits per heavy atom. The molecule has 0 spiro atoms. The zero-order valence-corrected chi connectivity index (χ0v) is 28.9. The van der Waals surface area contributed by atoms with Gasteiger partial charge in [0.2, 0.25) is 0 Å². The molecule has 0 aliphatic carbocycles. The molecule has 270 valence electrons. The maximum Gasteiger partial charge on any atom is 0.433 e. The van der Waals surface area contributed by atoms with Gasteiger partial charge >= 0.3 is 12.1 Å². The molecule has 4 atom stereocenters. The number of amides is 3. The number of rotatable bonds is 8. The summed E-state index contributed by atoms with van der Waals surface area (Å²) in [6.07, 6.45) is 7.92. The summed E-state index contributed by atoms with van der Waals surface area (Å²) in [5, 5.41) is 14.4. The van der Waals surface area contributed by atoms with Crippen molar-refractivity contribution in [3.63, 3.8) is 0 Å². The third-order valence-corrected chi connectivity index (χ3v) is 9.86. The Labute approximate surface area is 301 Å². The second-order valence-electron chi connectivity index (χ2n) is 13.4. The Morgan fingerprint density at radius 2 is 1.25 bits per heavy atom. The lowest BCUT2D eigenvalue weighted by Gasteiger charge is -2.33. The number of aromatic nitrogens is 4. The van der Waals surface area contributed by atoms with Gasteiger partial charge in [0.05, 0.1) is 36.7 Å². The molecule has 4 fully saturated rings. The van der Waals surface area contributed by atoms with Crippen LogP contribution in [0.25, 0.3) is 22.8 Å². The van der Waals surface area contributed by atoms with E-state index in [4.69, 9.17) is 24.2 Å². The Hall–Kier alpha value is -5.38. The maximum atomic E-state index is 13.5. The van der Waals surface area contributed by atoms with Crippen LogP contribution in [0.5, 0.6) is 0 Å². The molecule has 4 saturated heterocycles. The molecule has 15 nitrogen and oxygen atoms in total. The van der Waals surface area contributed by atoms with Crippen LogP contribution in [-0.4, -0.2) is 113 Å². The summed E-state index contributed by atoms with van der Waals surface area (Å²) >= 11 is 0. The third-order valence-electron chi connectivity index (χ3n) is 9.86. The highest BCUT2D eigenvalue weighted by Gasteiger charge is 2.35. The Bertz CT molecular complexity index is 1870. The van der Waals surface area contributed by atoms with Gasteiger partial charge in [0.1, 0.15) is 18.2 Å². The number of aliphatic hydroxyl groups excluding tert-OH is 1. The van der Waals surface area contributed by atoms with Crippen molar-refractivity contribution in [2.75, 3.05) is 66.6 Å². The summed E-state index contributed by atoms with van der Waals surface area (Å²) in [6, 6.07) is 17.4. The topological polar surface area (TPSA) is 159 Å². The number of carbonyl (C=O) groups excluding carboxylic acids is 2. The molecule has 4 unspecified atom stereocenters. The molecule has 3 amide bonds. The van der Waals surface area contributed by atoms with Crippen LogP contribution in [0.1, 0.15) is 25.7 Å². The maximum absolute atomic E-state index is 13.5. The summed E-state index contributed by atoms with van der Waals surface area (Å²) < 4.78 is 17.2. The number of urea groups is 1. The molecule has 2 N–H and O–H groups in total. The van der Waals surface area contributed by atoms with Gasteiger partial charge in [-0.1, -0.05) is 0 Å². The zero-order chi connectivity index (χ0) is 35.6. The first-order chi connectivity index (χ1) is 25.4. The van der Waals surface area contributed by atoms with Gasteiger partial charge in [0.25, 0.3) is 0 Å². The predicted molar refractivity (Wildman–Crippen MR) is 193 cm³/mol. The third kappa shape index (κ3) is 7.20. The Balaban J connectivity index is 0.950. The number of hydrazine groups is 1. The van der Waals surface area contributed by atoms with E-state index >= 15 is 0 Å². The molecular formula is C37H41N9O6. The van der Waals surface area contributed by atoms with Gasteiger partial charge in [0, 0.05) is 62.4 Å². The largest absolute Gasteiger partial charge is 0.445 e. The number of hydrogen-bond donors (Lipinski definition) is 2. The van der Waals surface area contributed by atoms with Gasteiger partial charge in [-0.15, -0.1) is 0 Å². The van der Waals surface area contributed by atoms with Crippen molar-refractivity contribution in [1.29, 1.82) is 0 Å². The van der Waals surface area contributed by atoms with Gasteiger partial charge in [-0.05, 0) is 86.3 Å². The fourth-order valence-electron chi connectivity index (χ4n) is 7.28. The highest BCUT2D eigenvalue weighted by atomic mass is 16.6. The van der Waals surface area contributed by atoms with E-state index < -0.39 is 12.1 Å². The molecule has 4 aliphatic rings. The fourth-order valence-corrected chi connectivity index (χ4v) is 7.28. The van der Waals surface area contributed by atoms with E-state index in [1.165, 1.54) is 7.05 Å². The van der Waals surface area contributed by atoms with Gasteiger partial charge in [0.15, 0.2) is 11.6 Å². The fraction of sp³-hybridized carbons (Fsp3) is 0.405. The van der Waals surface area contributed by atoms with E-state index in [0.717, 1.165) is 84.6 Å². The second kappa shape index (κ2) is 14.7. The number of benzene rings is 2. The van der Waals surface area contributed by atoms with Crippen molar-refractivity contribution in [3.8, 4) is 22.8 Å². The average molecular weight is 708 g/mol. The number of ether oxygens (including phenoxy) is 3. The lowest BCUT2D eigenvalue weighted by Crippen LogP contribution is -2.49. The number of aliphatic hydroxyl groups is 1. The quantitative estimate of drug-likeness (QED) is 0.250. The predicted octanol–water partition coefficient (Wildman–Crippen LogP) is 4.35. The molecular weight excluding hydrogens is 666 g/mol. The van der Waals surface area contributed by atoms with Crippen LogP contribution < -0.4 is 20.1 Å². The Kier molecular flexibility index (Phi) is 9.54. The summed E-state index contributed by atoms with van der Waals surface area (Å²) in [7, 11) is 1.46. The molecule has 2 aromatic heterocycles. The minimum atomic E-state index is -0.833. The van der Waals surface area contributed by atoms with Gasteiger partial charge in [-0.2, -0.15) is 5.01 Å². The molecule has 0 radical (unpaired) electrons. The van der Waals surface area contributed by atoms with Crippen molar-refractivity contribution < 1.29 is 28.9 Å². The molecule has 15 heteroatoms. The van der Waals surface area contributed by atoms with Gasteiger partial charge in [-0.3, -0.25) is 0 Å². The van der Waals surface area contributed by atoms with E-state index in [9.17, 15) is 14.7 Å². The molecule has 4 aromatic rings. The van der Waals surface area contributed by atoms with Crippen LogP contribution in [0.2, 0.25) is 0 Å². The summed E-state index contributed by atoms with van der Waals surface area (Å²) in [5.74, 6) is 2.83. The number of morpholine rings is 2. The molecule has 6 heterocycles. The van der Waals surface area contributed by atoms with E-state index in [-0.39, 0.29) is 37.6 Å². The lowest BCUT2D eigenvalue weighted by molar-refractivity contribution is 0.0300. The van der Waals surface area contributed by atoms with Crippen LogP contribution in [0.4, 0.5) is 32.6 Å². The number of nitrogens with one attached hydrogen (secondary N) is 1. The van der Waals surface area contributed by atoms with Gasteiger partial charge in [-0.25, -0.2) is 34.5 Å². The molecule has 0 saturated carbocycles. The van der Waals surface area contributed by atoms with Crippen molar-refractivity contribution in [2.45, 2.75) is 50.1 Å². The van der Waals surface area contributed by atoms with Crippen LogP contribution in [0.3, 0.4) is 0 Å². The zero-order valence-electron chi connectivity index (χ0n) is 28.9. The first-order valence-electron chi connectivity index (χ1n) is 17.7. The number of carbonyl (C=O) groups is 2. The monoisotopic (exact) mass is 707 g/mol. The molecule has 8 rings (SSSR count). The van der Waals surface area contributed by atoms with E-state index in [0.29, 0.717) is 23.0 Å². The number of fused-ring (bicyclic) bond motifs is 4. The van der Waals surface area contributed by atoms with Crippen molar-refractivity contribution >= 4 is 35.1 Å². The normalized spacial score (nSPS) is 21.9. The van der Waals surface area contributed by atoms with E-state index in [1.54, 1.807) is 48.8 Å². The highest BCUT2D eigenvalue weighted by Crippen LogP contribution is 2.31. The first kappa shape index (κ1) is 33.7.